The number of aromatic amines is 1. The lowest BCUT2D eigenvalue weighted by Gasteiger charge is -2.11. The van der Waals surface area contributed by atoms with Gasteiger partial charge in [0.1, 0.15) is 5.82 Å². The van der Waals surface area contributed by atoms with Crippen molar-refractivity contribution in [1.29, 1.82) is 0 Å². The highest BCUT2D eigenvalue weighted by atomic mass is 16.7. The fraction of sp³-hybridized carbons (Fsp3) is 0.0952. The van der Waals surface area contributed by atoms with Crippen LogP contribution >= 0.6 is 0 Å². The van der Waals surface area contributed by atoms with Gasteiger partial charge in [-0.2, -0.15) is 5.10 Å². The van der Waals surface area contributed by atoms with Crippen molar-refractivity contribution in [3.63, 3.8) is 0 Å². The van der Waals surface area contributed by atoms with Gasteiger partial charge in [0.15, 0.2) is 11.5 Å². The van der Waals surface area contributed by atoms with Crippen molar-refractivity contribution < 1.29 is 14.3 Å². The topological polar surface area (TPSA) is 101 Å². The van der Waals surface area contributed by atoms with Crippen molar-refractivity contribution in [1.82, 2.24) is 20.6 Å². The molecule has 144 valence electrons. The third kappa shape index (κ3) is 3.10. The number of hydrogen-bond acceptors (Lipinski definition) is 6. The summed E-state index contributed by atoms with van der Waals surface area (Å²) in [6.07, 6.45) is 1.48. The van der Waals surface area contributed by atoms with E-state index in [1.807, 2.05) is 49.4 Å². The molecule has 8 heteroatoms. The van der Waals surface area contributed by atoms with Gasteiger partial charge < -0.3 is 9.47 Å². The minimum Gasteiger partial charge on any atom is -0.454 e. The number of aryl methyl sites for hydroxylation is 1. The highest BCUT2D eigenvalue weighted by Gasteiger charge is 2.19. The Balaban J connectivity index is 1.37. The van der Waals surface area contributed by atoms with Crippen LogP contribution in [0.4, 0.5) is 5.82 Å². The number of hydrogen-bond donors (Lipinski definition) is 3. The van der Waals surface area contributed by atoms with E-state index in [0.717, 1.165) is 22.0 Å². The number of aromatic nitrogens is 3. The number of hydrazine groups is 1. The molecule has 0 unspecified atom stereocenters. The molecule has 29 heavy (non-hydrogen) atoms. The minimum atomic E-state index is -0.333. The Morgan fingerprint density at radius 2 is 1.97 bits per heavy atom. The SMILES string of the molecule is Cc1cc2ccccc2nc1NNC(=O)c1cn[nH]c1-c1ccc2c(c1)OCO2. The van der Waals surface area contributed by atoms with E-state index in [-0.39, 0.29) is 12.7 Å². The predicted molar refractivity (Wildman–Crippen MR) is 108 cm³/mol. The summed E-state index contributed by atoms with van der Waals surface area (Å²) in [5.41, 5.74) is 9.15. The predicted octanol–water partition coefficient (Wildman–Crippen LogP) is 3.42. The van der Waals surface area contributed by atoms with Crippen LogP contribution in [0.1, 0.15) is 15.9 Å². The molecule has 3 heterocycles. The number of fused-ring (bicyclic) bond motifs is 2. The molecule has 2 aromatic carbocycles. The van der Waals surface area contributed by atoms with Gasteiger partial charge in [-0.25, -0.2) is 4.98 Å². The number of rotatable bonds is 4. The van der Waals surface area contributed by atoms with Gasteiger partial charge in [0.2, 0.25) is 6.79 Å². The third-order valence-electron chi connectivity index (χ3n) is 4.75. The zero-order valence-electron chi connectivity index (χ0n) is 15.5. The molecule has 0 fully saturated rings. The van der Waals surface area contributed by atoms with Crippen LogP contribution in [0.15, 0.2) is 54.7 Å². The molecule has 5 rings (SSSR count). The minimum absolute atomic E-state index is 0.192. The Morgan fingerprint density at radius 3 is 2.90 bits per heavy atom. The summed E-state index contributed by atoms with van der Waals surface area (Å²) in [4.78, 5) is 17.3. The van der Waals surface area contributed by atoms with Crippen molar-refractivity contribution in [3.8, 4) is 22.8 Å². The second kappa shape index (κ2) is 6.83. The molecule has 0 spiro atoms. The number of nitrogens with zero attached hydrogens (tertiary/aromatic N) is 2. The Bertz CT molecular complexity index is 1230. The quantitative estimate of drug-likeness (QED) is 0.464. The maximum absolute atomic E-state index is 12.8. The van der Waals surface area contributed by atoms with E-state index in [2.05, 4.69) is 26.0 Å². The summed E-state index contributed by atoms with van der Waals surface area (Å²) < 4.78 is 10.7. The maximum Gasteiger partial charge on any atom is 0.273 e. The number of H-pyrrole nitrogens is 1. The van der Waals surface area contributed by atoms with Crippen LogP contribution in [0.3, 0.4) is 0 Å². The third-order valence-corrected chi connectivity index (χ3v) is 4.75. The molecule has 1 aliphatic rings. The van der Waals surface area contributed by atoms with Crippen LogP contribution in [0.25, 0.3) is 22.2 Å². The van der Waals surface area contributed by atoms with Crippen LogP contribution in [0.5, 0.6) is 11.5 Å². The fourth-order valence-electron chi connectivity index (χ4n) is 3.26. The van der Waals surface area contributed by atoms with Crippen molar-refractivity contribution in [2.24, 2.45) is 0 Å². The fourth-order valence-corrected chi connectivity index (χ4v) is 3.26. The summed E-state index contributed by atoms with van der Waals surface area (Å²) in [6.45, 7) is 2.13. The second-order valence-electron chi connectivity index (χ2n) is 6.65. The van der Waals surface area contributed by atoms with E-state index in [0.29, 0.717) is 28.6 Å². The van der Waals surface area contributed by atoms with Gasteiger partial charge >= 0.3 is 0 Å². The summed E-state index contributed by atoms with van der Waals surface area (Å²) in [5, 5.41) is 7.95. The van der Waals surface area contributed by atoms with E-state index < -0.39 is 0 Å². The Labute approximate surface area is 165 Å². The Morgan fingerprint density at radius 1 is 1.10 bits per heavy atom. The van der Waals surface area contributed by atoms with Gasteiger partial charge in [-0.15, -0.1) is 0 Å². The molecule has 4 aromatic rings. The number of carbonyl (C=O) groups excluding carboxylic acids is 1. The molecule has 8 nitrogen and oxygen atoms in total. The lowest BCUT2D eigenvalue weighted by Crippen LogP contribution is -2.30. The molecular weight excluding hydrogens is 370 g/mol. The van der Waals surface area contributed by atoms with E-state index >= 15 is 0 Å². The van der Waals surface area contributed by atoms with Crippen LogP contribution in [-0.2, 0) is 0 Å². The van der Waals surface area contributed by atoms with Gasteiger partial charge in [0.05, 0.1) is 23.0 Å². The van der Waals surface area contributed by atoms with Crippen LogP contribution < -0.4 is 20.3 Å². The first-order valence-electron chi connectivity index (χ1n) is 9.05. The second-order valence-corrected chi connectivity index (χ2v) is 6.65. The number of nitrogens with one attached hydrogen (secondary N) is 3. The molecule has 3 N–H and O–H groups in total. The molecule has 0 aliphatic carbocycles. The lowest BCUT2D eigenvalue weighted by molar-refractivity contribution is 0.0963. The summed E-state index contributed by atoms with van der Waals surface area (Å²) in [7, 11) is 0. The first kappa shape index (κ1) is 17.1. The largest absolute Gasteiger partial charge is 0.454 e. The Kier molecular flexibility index (Phi) is 4.02. The highest BCUT2D eigenvalue weighted by Crippen LogP contribution is 2.36. The number of amides is 1. The zero-order chi connectivity index (χ0) is 19.8. The molecule has 2 aromatic heterocycles. The monoisotopic (exact) mass is 387 g/mol. The average Bonchev–Trinajstić information content (AvgIpc) is 3.40. The molecule has 1 aliphatic heterocycles. The molecular formula is C21H17N5O3. The first-order chi connectivity index (χ1) is 14.2. The van der Waals surface area contributed by atoms with Gasteiger partial charge in [-0.1, -0.05) is 18.2 Å². The van der Waals surface area contributed by atoms with E-state index in [4.69, 9.17) is 9.47 Å². The highest BCUT2D eigenvalue weighted by molar-refractivity contribution is 6.00. The molecule has 0 saturated heterocycles. The number of pyridine rings is 1. The zero-order valence-corrected chi connectivity index (χ0v) is 15.5. The van der Waals surface area contributed by atoms with Crippen LogP contribution in [0.2, 0.25) is 0 Å². The van der Waals surface area contributed by atoms with Gasteiger partial charge in [-0.05, 0) is 42.8 Å². The molecule has 0 atom stereocenters. The van der Waals surface area contributed by atoms with E-state index in [9.17, 15) is 4.79 Å². The van der Waals surface area contributed by atoms with Crippen molar-refractivity contribution in [2.75, 3.05) is 12.2 Å². The maximum atomic E-state index is 12.8. The molecule has 0 saturated carbocycles. The van der Waals surface area contributed by atoms with E-state index in [1.165, 1.54) is 6.20 Å². The van der Waals surface area contributed by atoms with Crippen LogP contribution in [-0.4, -0.2) is 27.9 Å². The molecule has 1 amide bonds. The standard InChI is InChI=1S/C21H17N5O3/c1-12-8-13-4-2-3-5-16(13)23-20(12)25-26-21(27)15-10-22-24-19(15)14-6-7-17-18(9-14)29-11-28-17/h2-10H,11H2,1H3,(H,22,24)(H,23,25)(H,26,27). The number of anilines is 1. The number of benzene rings is 2. The smallest absolute Gasteiger partial charge is 0.273 e. The van der Waals surface area contributed by atoms with Crippen molar-refractivity contribution in [3.05, 3.63) is 65.9 Å². The number of para-hydroxylation sites is 1. The first-order valence-corrected chi connectivity index (χ1v) is 9.05. The summed E-state index contributed by atoms with van der Waals surface area (Å²) in [5.74, 6) is 1.57. The average molecular weight is 387 g/mol. The van der Waals surface area contributed by atoms with Gasteiger partial charge in [0, 0.05) is 10.9 Å². The van der Waals surface area contributed by atoms with Gasteiger partial charge in [-0.3, -0.25) is 20.7 Å². The molecule has 0 radical (unpaired) electrons. The Hall–Kier alpha value is -4.07. The van der Waals surface area contributed by atoms with Crippen molar-refractivity contribution >= 4 is 22.6 Å². The lowest BCUT2D eigenvalue weighted by atomic mass is 10.1. The number of carbonyl (C=O) groups is 1. The molecule has 0 bridgehead atoms. The summed E-state index contributed by atoms with van der Waals surface area (Å²) >= 11 is 0. The number of ether oxygens (including phenoxy) is 2. The van der Waals surface area contributed by atoms with Gasteiger partial charge in [0.25, 0.3) is 5.91 Å². The normalized spacial score (nSPS) is 12.2. The summed E-state index contributed by atoms with van der Waals surface area (Å²) in [6, 6.07) is 15.3. The van der Waals surface area contributed by atoms with E-state index in [1.54, 1.807) is 6.07 Å². The van der Waals surface area contributed by atoms with Crippen molar-refractivity contribution in [2.45, 2.75) is 6.92 Å². The van der Waals surface area contributed by atoms with Crippen LogP contribution in [0, 0.1) is 6.92 Å².